The van der Waals surface area contributed by atoms with E-state index in [4.69, 9.17) is 15.9 Å². The molecule has 9 nitrogen and oxygen atoms in total. The van der Waals surface area contributed by atoms with Crippen molar-refractivity contribution >= 4 is 34.3 Å². The molecular formula is C25H29F4N7O2. The molecule has 1 amide bonds. The number of alkyl halides is 4. The second-order valence-corrected chi connectivity index (χ2v) is 9.95. The lowest BCUT2D eigenvalue weighted by atomic mass is 9.93. The fourth-order valence-corrected chi connectivity index (χ4v) is 5.18. The number of rotatable bonds is 6. The van der Waals surface area contributed by atoms with Crippen LogP contribution < -0.4 is 21.7 Å². The highest BCUT2D eigenvalue weighted by molar-refractivity contribution is 6.15. The Morgan fingerprint density at radius 2 is 2.05 bits per heavy atom. The van der Waals surface area contributed by atoms with Gasteiger partial charge in [0.2, 0.25) is 5.88 Å². The summed E-state index contributed by atoms with van der Waals surface area (Å²) in [5.41, 5.74) is 14.0. The maximum Gasteiger partial charge on any atom is 0.393 e. The average Bonchev–Trinajstić information content (AvgIpc) is 3.43. The van der Waals surface area contributed by atoms with Crippen LogP contribution in [0.2, 0.25) is 0 Å². The zero-order chi connectivity index (χ0) is 27.0. The number of fused-ring (bicyclic) bond motifs is 1. The van der Waals surface area contributed by atoms with Gasteiger partial charge in [-0.2, -0.15) is 13.2 Å². The number of furan rings is 1. The minimum absolute atomic E-state index is 0.0182. The Kier molecular flexibility index (Phi) is 7.14. The Hall–Kier alpha value is -3.45. The van der Waals surface area contributed by atoms with Crippen LogP contribution in [0, 0.1) is 5.92 Å². The number of pyridine rings is 2. The number of amides is 1. The van der Waals surface area contributed by atoms with E-state index in [2.05, 4.69) is 15.3 Å². The number of nitrogen functional groups attached to an aromatic ring is 1. The van der Waals surface area contributed by atoms with E-state index < -0.39 is 30.2 Å². The molecule has 5 heterocycles. The van der Waals surface area contributed by atoms with Gasteiger partial charge in [-0.15, -0.1) is 0 Å². The van der Waals surface area contributed by atoms with E-state index in [0.29, 0.717) is 43.7 Å². The first-order valence-corrected chi connectivity index (χ1v) is 12.4. The summed E-state index contributed by atoms with van der Waals surface area (Å²) in [6.07, 6.45) is 0.259. The third-order valence-corrected chi connectivity index (χ3v) is 7.10. The Labute approximate surface area is 216 Å². The maximum atomic E-state index is 13.5. The molecule has 3 atom stereocenters. The highest BCUT2D eigenvalue weighted by atomic mass is 19.4. The third kappa shape index (κ3) is 5.53. The van der Waals surface area contributed by atoms with Crippen LogP contribution >= 0.6 is 0 Å². The number of nitrogens with zero attached hydrogens (tertiary/aromatic N) is 4. The predicted molar refractivity (Wildman–Crippen MR) is 135 cm³/mol. The van der Waals surface area contributed by atoms with E-state index >= 15 is 0 Å². The number of nitrogens with two attached hydrogens (primary N) is 2. The minimum Gasteiger partial charge on any atom is -0.438 e. The van der Waals surface area contributed by atoms with Crippen molar-refractivity contribution in [3.8, 4) is 0 Å². The lowest BCUT2D eigenvalue weighted by molar-refractivity contribution is -0.177. The van der Waals surface area contributed by atoms with Crippen LogP contribution in [-0.4, -0.2) is 71.9 Å². The monoisotopic (exact) mass is 535 g/mol. The molecule has 0 aromatic carbocycles. The van der Waals surface area contributed by atoms with Gasteiger partial charge >= 0.3 is 6.18 Å². The molecule has 38 heavy (non-hydrogen) atoms. The number of piperidine rings is 1. The molecule has 5 N–H and O–H groups in total. The molecule has 0 radical (unpaired) electrons. The number of hydrogen-bond donors (Lipinski definition) is 3. The van der Waals surface area contributed by atoms with E-state index in [1.807, 2.05) is 4.90 Å². The van der Waals surface area contributed by atoms with Crippen molar-refractivity contribution in [2.45, 2.75) is 37.7 Å². The second-order valence-electron chi connectivity index (χ2n) is 9.95. The summed E-state index contributed by atoms with van der Waals surface area (Å²) in [7, 11) is 0. The number of carbonyl (C=O) groups excluding carboxylic acids is 1. The molecule has 2 saturated heterocycles. The van der Waals surface area contributed by atoms with Gasteiger partial charge < -0.3 is 31.0 Å². The van der Waals surface area contributed by atoms with E-state index in [-0.39, 0.29) is 42.2 Å². The van der Waals surface area contributed by atoms with Gasteiger partial charge in [0, 0.05) is 51.2 Å². The zero-order valence-corrected chi connectivity index (χ0v) is 20.5. The SMILES string of the molecule is Nc1oc2cc(CCN3CCC(F)C3)cnc2c1C(=O)Nc1cnccc1N1C[C@H](N)C[C@H](C(F)(F)F)C1. The third-order valence-electron chi connectivity index (χ3n) is 7.10. The van der Waals surface area contributed by atoms with Crippen molar-refractivity contribution in [1.29, 1.82) is 0 Å². The van der Waals surface area contributed by atoms with Crippen molar-refractivity contribution in [3.05, 3.63) is 41.9 Å². The number of hydrogen-bond acceptors (Lipinski definition) is 8. The van der Waals surface area contributed by atoms with Gasteiger partial charge in [-0.25, -0.2) is 4.39 Å². The van der Waals surface area contributed by atoms with E-state index in [0.717, 1.165) is 5.56 Å². The molecule has 2 aliphatic heterocycles. The molecule has 13 heteroatoms. The van der Waals surface area contributed by atoms with Crippen molar-refractivity contribution in [2.24, 2.45) is 11.7 Å². The van der Waals surface area contributed by atoms with Gasteiger partial charge in [0.1, 0.15) is 17.3 Å². The number of halogens is 4. The molecule has 2 aliphatic rings. The fraction of sp³-hybridized carbons (Fsp3) is 0.480. The smallest absolute Gasteiger partial charge is 0.393 e. The molecule has 1 unspecified atom stereocenters. The Balaban J connectivity index is 1.34. The number of aromatic nitrogens is 2. The lowest BCUT2D eigenvalue weighted by Crippen LogP contribution is -2.51. The van der Waals surface area contributed by atoms with Crippen LogP contribution in [0.25, 0.3) is 11.1 Å². The largest absolute Gasteiger partial charge is 0.438 e. The minimum atomic E-state index is -4.38. The van der Waals surface area contributed by atoms with Crippen LogP contribution in [0.4, 0.5) is 34.8 Å². The van der Waals surface area contributed by atoms with Crippen molar-refractivity contribution in [3.63, 3.8) is 0 Å². The lowest BCUT2D eigenvalue weighted by Gasteiger charge is -2.39. The first kappa shape index (κ1) is 26.2. The second kappa shape index (κ2) is 10.4. The van der Waals surface area contributed by atoms with Crippen LogP contribution in [0.5, 0.6) is 0 Å². The maximum absolute atomic E-state index is 13.5. The van der Waals surface area contributed by atoms with Gasteiger partial charge in [0.05, 0.1) is 23.5 Å². The van der Waals surface area contributed by atoms with Crippen molar-refractivity contribution in [1.82, 2.24) is 14.9 Å². The molecule has 0 spiro atoms. The Bertz CT molecular complexity index is 1310. The molecule has 2 fully saturated rings. The highest BCUT2D eigenvalue weighted by Crippen LogP contribution is 2.37. The summed E-state index contributed by atoms with van der Waals surface area (Å²) in [4.78, 5) is 25.2. The molecule has 3 aromatic heterocycles. The number of likely N-dealkylation sites (tertiary alicyclic amines) is 1. The number of nitrogens with one attached hydrogen (secondary N) is 1. The summed E-state index contributed by atoms with van der Waals surface area (Å²) in [6, 6.07) is 2.61. The van der Waals surface area contributed by atoms with E-state index in [9.17, 15) is 22.4 Å². The predicted octanol–water partition coefficient (Wildman–Crippen LogP) is 3.36. The summed E-state index contributed by atoms with van der Waals surface area (Å²) in [5.74, 6) is -2.35. The van der Waals surface area contributed by atoms with Gasteiger partial charge in [0.25, 0.3) is 5.91 Å². The topological polar surface area (TPSA) is 127 Å². The summed E-state index contributed by atoms with van der Waals surface area (Å²) < 4.78 is 59.4. The van der Waals surface area contributed by atoms with Crippen LogP contribution in [0.3, 0.4) is 0 Å². The van der Waals surface area contributed by atoms with E-state index in [1.165, 1.54) is 23.4 Å². The Morgan fingerprint density at radius 3 is 2.79 bits per heavy atom. The van der Waals surface area contributed by atoms with E-state index in [1.54, 1.807) is 12.3 Å². The standard InChI is InChI=1S/C25H29F4N7O2/c26-16-3-6-35(12-16)5-2-14-7-20-22(33-9-14)21(23(31)38-20)24(37)34-18-10-32-4-1-19(18)36-11-15(25(27,28)29)8-17(30)13-36/h1,4,7,9-10,15-17H,2-3,5-6,8,11-13,30-31H2,(H,34,37)/t15-,16?,17+/m0/s1. The first-order chi connectivity index (χ1) is 18.1. The first-order valence-electron chi connectivity index (χ1n) is 12.4. The van der Waals surface area contributed by atoms with Gasteiger partial charge in [0.15, 0.2) is 5.58 Å². The highest BCUT2D eigenvalue weighted by Gasteiger charge is 2.44. The van der Waals surface area contributed by atoms with Crippen molar-refractivity contribution < 1.29 is 26.8 Å². The molecule has 0 aliphatic carbocycles. The molecule has 3 aromatic rings. The molecule has 204 valence electrons. The Morgan fingerprint density at radius 1 is 1.24 bits per heavy atom. The van der Waals surface area contributed by atoms with Crippen LogP contribution in [-0.2, 0) is 6.42 Å². The molecular weight excluding hydrogens is 506 g/mol. The van der Waals surface area contributed by atoms with Crippen molar-refractivity contribution in [2.75, 3.05) is 48.7 Å². The average molecular weight is 536 g/mol. The van der Waals surface area contributed by atoms with Crippen LogP contribution in [0.15, 0.2) is 35.1 Å². The quantitative estimate of drug-likeness (QED) is 0.410. The number of carbonyl (C=O) groups is 1. The van der Waals surface area contributed by atoms with Gasteiger partial charge in [-0.05, 0) is 37.0 Å². The molecule has 5 rings (SSSR count). The number of anilines is 3. The summed E-state index contributed by atoms with van der Waals surface area (Å²) in [5, 5.41) is 2.71. The molecule has 0 saturated carbocycles. The summed E-state index contributed by atoms with van der Waals surface area (Å²) in [6.45, 7) is 1.73. The summed E-state index contributed by atoms with van der Waals surface area (Å²) >= 11 is 0. The van der Waals surface area contributed by atoms with Crippen LogP contribution in [0.1, 0.15) is 28.8 Å². The fourth-order valence-electron chi connectivity index (χ4n) is 5.18. The van der Waals surface area contributed by atoms with Gasteiger partial charge in [-0.3, -0.25) is 14.8 Å². The van der Waals surface area contributed by atoms with Gasteiger partial charge in [-0.1, -0.05) is 0 Å². The molecule has 0 bridgehead atoms. The normalized spacial score (nSPS) is 22.8. The zero-order valence-electron chi connectivity index (χ0n) is 20.5.